The Balaban J connectivity index is 2.39. The fraction of sp³-hybridized carbons (Fsp3) is 0.500. The van der Waals surface area contributed by atoms with Crippen LogP contribution in [0.1, 0.15) is 12.0 Å². The number of hydrogen-bond donors (Lipinski definition) is 2. The van der Waals surface area contributed by atoms with Gasteiger partial charge in [0.1, 0.15) is 5.75 Å². The first kappa shape index (κ1) is 14.8. The van der Waals surface area contributed by atoms with Gasteiger partial charge in [0.2, 0.25) is 0 Å². The number of halogens is 3. The smallest absolute Gasteiger partial charge is 0.401 e. The maximum atomic E-state index is 11.9. The Labute approximate surface area is 104 Å². The van der Waals surface area contributed by atoms with Crippen LogP contribution in [0.25, 0.3) is 0 Å². The van der Waals surface area contributed by atoms with Crippen molar-refractivity contribution in [3.8, 4) is 5.75 Å². The molecule has 0 saturated carbocycles. The minimum atomic E-state index is -4.19. The summed E-state index contributed by atoms with van der Waals surface area (Å²) < 4.78 is 41.2. The van der Waals surface area contributed by atoms with E-state index in [1.165, 1.54) is 0 Å². The summed E-state index contributed by atoms with van der Waals surface area (Å²) in [6.45, 7) is 0.224. The van der Waals surface area contributed by atoms with Crippen LogP contribution >= 0.6 is 0 Å². The van der Waals surface area contributed by atoms with Gasteiger partial charge in [0, 0.05) is 6.54 Å². The Morgan fingerprint density at radius 1 is 1.28 bits per heavy atom. The van der Waals surface area contributed by atoms with Crippen molar-refractivity contribution >= 4 is 0 Å². The molecule has 6 heteroatoms. The maximum Gasteiger partial charge on any atom is 0.401 e. The van der Waals surface area contributed by atoms with Gasteiger partial charge in [-0.2, -0.15) is 13.2 Å². The topological polar surface area (TPSA) is 47.3 Å². The van der Waals surface area contributed by atoms with E-state index in [4.69, 9.17) is 10.5 Å². The molecule has 18 heavy (non-hydrogen) atoms. The third-order valence-electron chi connectivity index (χ3n) is 2.17. The SMILES string of the molecule is NCCCOc1cccc(CNCC(F)(F)F)c1. The normalized spacial score (nSPS) is 11.6. The van der Waals surface area contributed by atoms with Gasteiger partial charge in [-0.15, -0.1) is 0 Å². The van der Waals surface area contributed by atoms with Crippen molar-refractivity contribution in [2.24, 2.45) is 5.73 Å². The Bertz CT molecular complexity index is 355. The molecule has 0 atom stereocenters. The summed E-state index contributed by atoms with van der Waals surface area (Å²) in [5, 5.41) is 2.34. The average molecular weight is 262 g/mol. The Hall–Kier alpha value is -1.27. The zero-order chi connectivity index (χ0) is 13.4. The van der Waals surface area contributed by atoms with E-state index in [1.807, 2.05) is 0 Å². The van der Waals surface area contributed by atoms with Crippen LogP contribution < -0.4 is 15.8 Å². The minimum absolute atomic E-state index is 0.160. The van der Waals surface area contributed by atoms with Gasteiger partial charge in [-0.25, -0.2) is 0 Å². The highest BCUT2D eigenvalue weighted by molar-refractivity contribution is 5.28. The van der Waals surface area contributed by atoms with Gasteiger partial charge in [0.25, 0.3) is 0 Å². The zero-order valence-electron chi connectivity index (χ0n) is 9.96. The highest BCUT2D eigenvalue weighted by atomic mass is 19.4. The van der Waals surface area contributed by atoms with E-state index in [0.29, 0.717) is 18.9 Å². The van der Waals surface area contributed by atoms with Crippen molar-refractivity contribution < 1.29 is 17.9 Å². The molecular weight excluding hydrogens is 245 g/mol. The molecule has 0 bridgehead atoms. The highest BCUT2D eigenvalue weighted by Gasteiger charge is 2.25. The first-order valence-electron chi connectivity index (χ1n) is 5.70. The van der Waals surface area contributed by atoms with Crippen LogP contribution in [0, 0.1) is 0 Å². The van der Waals surface area contributed by atoms with Crippen molar-refractivity contribution in [2.45, 2.75) is 19.1 Å². The van der Waals surface area contributed by atoms with Crippen LogP contribution in [0.15, 0.2) is 24.3 Å². The summed E-state index contributed by atoms with van der Waals surface area (Å²) >= 11 is 0. The third kappa shape index (κ3) is 6.46. The van der Waals surface area contributed by atoms with Gasteiger partial charge >= 0.3 is 6.18 Å². The Kier molecular flexibility index (Phi) is 5.94. The third-order valence-corrected chi connectivity index (χ3v) is 2.17. The number of benzene rings is 1. The predicted octanol–water partition coefficient (Wildman–Crippen LogP) is 2.07. The second-order valence-corrected chi connectivity index (χ2v) is 3.86. The van der Waals surface area contributed by atoms with Crippen LogP contribution in [-0.2, 0) is 6.54 Å². The molecule has 0 heterocycles. The molecule has 1 rings (SSSR count). The summed E-state index contributed by atoms with van der Waals surface area (Å²) in [4.78, 5) is 0. The van der Waals surface area contributed by atoms with Gasteiger partial charge in [-0.1, -0.05) is 12.1 Å². The maximum absolute atomic E-state index is 11.9. The van der Waals surface area contributed by atoms with E-state index in [-0.39, 0.29) is 6.54 Å². The molecule has 0 radical (unpaired) electrons. The quantitative estimate of drug-likeness (QED) is 0.739. The largest absolute Gasteiger partial charge is 0.494 e. The van der Waals surface area contributed by atoms with Crippen molar-refractivity contribution in [1.82, 2.24) is 5.32 Å². The molecule has 0 aliphatic carbocycles. The molecule has 3 nitrogen and oxygen atoms in total. The molecule has 0 spiro atoms. The van der Waals surface area contributed by atoms with Crippen molar-refractivity contribution in [1.29, 1.82) is 0 Å². The van der Waals surface area contributed by atoms with Crippen LogP contribution in [0.2, 0.25) is 0 Å². The van der Waals surface area contributed by atoms with Gasteiger partial charge in [-0.05, 0) is 30.7 Å². The number of ether oxygens (including phenoxy) is 1. The lowest BCUT2D eigenvalue weighted by Crippen LogP contribution is -2.28. The molecule has 0 unspecified atom stereocenters. The van der Waals surface area contributed by atoms with E-state index < -0.39 is 12.7 Å². The lowest BCUT2D eigenvalue weighted by atomic mass is 10.2. The van der Waals surface area contributed by atoms with E-state index in [9.17, 15) is 13.2 Å². The minimum Gasteiger partial charge on any atom is -0.494 e. The number of nitrogens with two attached hydrogens (primary N) is 1. The summed E-state index contributed by atoms with van der Waals surface area (Å²) in [7, 11) is 0. The van der Waals surface area contributed by atoms with E-state index in [2.05, 4.69) is 5.32 Å². The fourth-order valence-electron chi connectivity index (χ4n) is 1.37. The molecule has 1 aromatic rings. The van der Waals surface area contributed by atoms with Crippen molar-refractivity contribution in [2.75, 3.05) is 19.7 Å². The molecule has 0 aliphatic rings. The van der Waals surface area contributed by atoms with Crippen LogP contribution in [0.5, 0.6) is 5.75 Å². The summed E-state index contributed by atoms with van der Waals surface area (Å²) in [6, 6.07) is 6.99. The second-order valence-electron chi connectivity index (χ2n) is 3.86. The molecule has 0 aliphatic heterocycles. The number of rotatable bonds is 7. The summed E-state index contributed by atoms with van der Waals surface area (Å²) in [6.07, 6.45) is -3.44. The monoisotopic (exact) mass is 262 g/mol. The zero-order valence-corrected chi connectivity index (χ0v) is 9.96. The Morgan fingerprint density at radius 3 is 2.72 bits per heavy atom. The van der Waals surface area contributed by atoms with Crippen molar-refractivity contribution in [3.63, 3.8) is 0 Å². The standard InChI is InChI=1S/C12H17F3N2O/c13-12(14,15)9-17-8-10-3-1-4-11(7-10)18-6-2-5-16/h1,3-4,7,17H,2,5-6,8-9,16H2. The first-order valence-corrected chi connectivity index (χ1v) is 5.70. The molecule has 102 valence electrons. The summed E-state index contributed by atoms with van der Waals surface area (Å²) in [5.74, 6) is 0.648. The van der Waals surface area contributed by atoms with E-state index >= 15 is 0 Å². The average Bonchev–Trinajstić information content (AvgIpc) is 2.28. The van der Waals surface area contributed by atoms with Gasteiger partial charge in [-0.3, -0.25) is 0 Å². The lowest BCUT2D eigenvalue weighted by Gasteiger charge is -2.10. The Morgan fingerprint density at radius 2 is 2.06 bits per heavy atom. The van der Waals surface area contributed by atoms with Gasteiger partial charge in [0.05, 0.1) is 13.2 Å². The first-order chi connectivity index (χ1) is 8.51. The molecule has 1 aromatic carbocycles. The van der Waals surface area contributed by atoms with Crippen LogP contribution in [0.4, 0.5) is 13.2 Å². The fourth-order valence-corrected chi connectivity index (χ4v) is 1.37. The second kappa shape index (κ2) is 7.23. The van der Waals surface area contributed by atoms with Crippen LogP contribution in [0.3, 0.4) is 0 Å². The number of hydrogen-bond acceptors (Lipinski definition) is 3. The molecule has 0 aromatic heterocycles. The van der Waals surface area contributed by atoms with Crippen LogP contribution in [-0.4, -0.2) is 25.9 Å². The molecule has 0 amide bonds. The van der Waals surface area contributed by atoms with E-state index in [0.717, 1.165) is 12.0 Å². The van der Waals surface area contributed by atoms with Gasteiger partial charge < -0.3 is 15.8 Å². The highest BCUT2D eigenvalue weighted by Crippen LogP contribution is 2.15. The molecule has 3 N–H and O–H groups in total. The molecule has 0 fully saturated rings. The predicted molar refractivity (Wildman–Crippen MR) is 63.4 cm³/mol. The van der Waals surface area contributed by atoms with Gasteiger partial charge in [0.15, 0.2) is 0 Å². The number of alkyl halides is 3. The molecule has 0 saturated heterocycles. The lowest BCUT2D eigenvalue weighted by molar-refractivity contribution is -0.125. The van der Waals surface area contributed by atoms with E-state index in [1.54, 1.807) is 24.3 Å². The number of nitrogens with one attached hydrogen (secondary N) is 1. The summed E-state index contributed by atoms with van der Waals surface area (Å²) in [5.41, 5.74) is 6.09. The molecular formula is C12H17F3N2O. The van der Waals surface area contributed by atoms with Crippen molar-refractivity contribution in [3.05, 3.63) is 29.8 Å².